The fourth-order valence-electron chi connectivity index (χ4n) is 3.53. The van der Waals surface area contributed by atoms with Crippen molar-refractivity contribution in [2.75, 3.05) is 25.0 Å². The van der Waals surface area contributed by atoms with E-state index in [0.717, 1.165) is 11.1 Å². The zero-order chi connectivity index (χ0) is 16.0. The number of halogens is 1. The zero-order valence-electron chi connectivity index (χ0n) is 12.8. The van der Waals surface area contributed by atoms with Gasteiger partial charge in [-0.1, -0.05) is 29.8 Å². The number of benzene rings is 2. The first-order chi connectivity index (χ1) is 11.1. The Labute approximate surface area is 133 Å². The second-order valence-corrected chi connectivity index (χ2v) is 5.99. The van der Waals surface area contributed by atoms with Crippen LogP contribution in [0.25, 0.3) is 0 Å². The Hall–Kier alpha value is -2.24. The van der Waals surface area contributed by atoms with Crippen molar-refractivity contribution in [2.45, 2.75) is 12.6 Å². The van der Waals surface area contributed by atoms with Crippen molar-refractivity contribution in [3.05, 3.63) is 65.0 Å². The Morgan fingerprint density at radius 2 is 2.04 bits per heavy atom. The number of carbonyl (C=O) groups excluding carboxylic acids is 1. The normalized spacial score (nSPS) is 23.8. The van der Waals surface area contributed by atoms with Crippen LogP contribution in [0, 0.1) is 12.7 Å². The lowest BCUT2D eigenvalue weighted by Crippen LogP contribution is -2.45. The fourth-order valence-corrected chi connectivity index (χ4v) is 3.53. The molecular formula is C18H17FN2O2. The number of anilines is 1. The van der Waals surface area contributed by atoms with Gasteiger partial charge >= 0.3 is 0 Å². The molecule has 2 aliphatic rings. The minimum Gasteiger partial charge on any atom is -0.350 e. The second-order valence-electron chi connectivity index (χ2n) is 5.99. The Bertz CT molecular complexity index is 792. The van der Waals surface area contributed by atoms with Gasteiger partial charge in [-0.15, -0.1) is 0 Å². The van der Waals surface area contributed by atoms with E-state index in [2.05, 4.69) is 5.32 Å². The van der Waals surface area contributed by atoms with Crippen LogP contribution in [0.15, 0.2) is 42.5 Å². The van der Waals surface area contributed by atoms with Crippen LogP contribution in [0.1, 0.15) is 16.7 Å². The van der Waals surface area contributed by atoms with Gasteiger partial charge in [0.2, 0.25) is 5.91 Å². The third kappa shape index (κ3) is 2.08. The number of nitrogens with zero attached hydrogens (tertiary/aromatic N) is 1. The lowest BCUT2D eigenvalue weighted by atomic mass is 9.90. The molecule has 1 N–H and O–H groups in total. The highest BCUT2D eigenvalue weighted by atomic mass is 19.1. The highest BCUT2D eigenvalue weighted by molar-refractivity contribution is 5.94. The van der Waals surface area contributed by atoms with Crippen LogP contribution in [-0.4, -0.2) is 30.5 Å². The smallest absolute Gasteiger partial charge is 0.238 e. The molecule has 1 atom stereocenters. The topological polar surface area (TPSA) is 41.6 Å². The monoisotopic (exact) mass is 312 g/mol. The van der Waals surface area contributed by atoms with Gasteiger partial charge in [-0.2, -0.15) is 0 Å². The number of fused-ring (bicyclic) bond motifs is 3. The van der Waals surface area contributed by atoms with Gasteiger partial charge in [-0.3, -0.25) is 9.69 Å². The summed E-state index contributed by atoms with van der Waals surface area (Å²) in [6.45, 7) is 3.17. The van der Waals surface area contributed by atoms with E-state index in [-0.39, 0.29) is 18.3 Å². The first kappa shape index (κ1) is 14.4. The van der Waals surface area contributed by atoms with Crippen LogP contribution < -0.4 is 5.32 Å². The van der Waals surface area contributed by atoms with Gasteiger partial charge in [-0.25, -0.2) is 4.39 Å². The molecule has 1 unspecified atom stereocenters. The van der Waals surface area contributed by atoms with Gasteiger partial charge in [0, 0.05) is 23.4 Å². The number of ether oxygens (including phenoxy) is 1. The van der Waals surface area contributed by atoms with Crippen LogP contribution in [0.3, 0.4) is 0 Å². The standard InChI is InChI=1S/C18H17FN2O2/c1-12-6-7-16-14(10-12)18(13-4-2-3-5-15(13)19)21(8-9-23-18)11-17(22)20-16/h2-7,10H,8-9,11H2,1H3,(H,20,22). The van der Waals surface area contributed by atoms with Crippen molar-refractivity contribution < 1.29 is 13.9 Å². The molecule has 2 aliphatic heterocycles. The molecule has 0 radical (unpaired) electrons. The third-order valence-corrected chi connectivity index (χ3v) is 4.51. The summed E-state index contributed by atoms with van der Waals surface area (Å²) in [6, 6.07) is 12.4. The van der Waals surface area contributed by atoms with E-state index < -0.39 is 5.72 Å². The predicted molar refractivity (Wildman–Crippen MR) is 84.5 cm³/mol. The number of aryl methyl sites for hydroxylation is 1. The number of hydrogen-bond donors (Lipinski definition) is 1. The molecule has 0 saturated carbocycles. The SMILES string of the molecule is Cc1ccc2c(c1)C1(c3ccccc3F)OCCN1CC(=O)N2. The van der Waals surface area contributed by atoms with Crippen LogP contribution in [0.4, 0.5) is 10.1 Å². The van der Waals surface area contributed by atoms with E-state index in [1.54, 1.807) is 18.2 Å². The summed E-state index contributed by atoms with van der Waals surface area (Å²) < 4.78 is 20.7. The largest absolute Gasteiger partial charge is 0.350 e. The summed E-state index contributed by atoms with van der Waals surface area (Å²) in [5, 5.41) is 2.91. The maximum Gasteiger partial charge on any atom is 0.238 e. The molecule has 4 rings (SSSR count). The molecule has 118 valence electrons. The van der Waals surface area contributed by atoms with Crippen molar-refractivity contribution in [2.24, 2.45) is 0 Å². The van der Waals surface area contributed by atoms with Gasteiger partial charge in [0.1, 0.15) is 5.82 Å². The van der Waals surface area contributed by atoms with Crippen molar-refractivity contribution in [3.63, 3.8) is 0 Å². The maximum atomic E-state index is 14.6. The number of carbonyl (C=O) groups is 1. The molecule has 5 heteroatoms. The molecule has 0 bridgehead atoms. The molecule has 1 amide bonds. The molecule has 23 heavy (non-hydrogen) atoms. The predicted octanol–water partition coefficient (Wildman–Crippen LogP) is 2.62. The summed E-state index contributed by atoms with van der Waals surface area (Å²) in [7, 11) is 0. The molecule has 1 saturated heterocycles. The zero-order valence-corrected chi connectivity index (χ0v) is 12.8. The van der Waals surface area contributed by atoms with E-state index in [1.165, 1.54) is 6.07 Å². The van der Waals surface area contributed by atoms with E-state index in [9.17, 15) is 9.18 Å². The lowest BCUT2D eigenvalue weighted by Gasteiger charge is -2.36. The molecule has 1 fully saturated rings. The van der Waals surface area contributed by atoms with Gasteiger partial charge in [-0.05, 0) is 25.1 Å². The van der Waals surface area contributed by atoms with Crippen LogP contribution in [-0.2, 0) is 15.3 Å². The molecule has 0 aromatic heterocycles. The van der Waals surface area contributed by atoms with Crippen molar-refractivity contribution in [1.29, 1.82) is 0 Å². The third-order valence-electron chi connectivity index (χ3n) is 4.51. The van der Waals surface area contributed by atoms with Crippen molar-refractivity contribution in [1.82, 2.24) is 4.90 Å². The van der Waals surface area contributed by atoms with Gasteiger partial charge in [0.05, 0.1) is 13.2 Å². The van der Waals surface area contributed by atoms with E-state index in [4.69, 9.17) is 4.74 Å². The molecule has 2 aromatic carbocycles. The molecular weight excluding hydrogens is 295 g/mol. The van der Waals surface area contributed by atoms with E-state index in [0.29, 0.717) is 24.4 Å². The van der Waals surface area contributed by atoms with Crippen molar-refractivity contribution >= 4 is 11.6 Å². The summed E-state index contributed by atoms with van der Waals surface area (Å²) >= 11 is 0. The highest BCUT2D eigenvalue weighted by Gasteiger charge is 2.50. The number of nitrogens with one attached hydrogen (secondary N) is 1. The number of rotatable bonds is 1. The first-order valence-corrected chi connectivity index (χ1v) is 7.66. The second kappa shape index (κ2) is 5.15. The fraction of sp³-hybridized carbons (Fsp3) is 0.278. The molecule has 2 heterocycles. The summed E-state index contributed by atoms with van der Waals surface area (Å²) in [6.07, 6.45) is 0. The average molecular weight is 312 g/mol. The van der Waals surface area contributed by atoms with Gasteiger partial charge in [0.15, 0.2) is 5.72 Å². The highest BCUT2D eigenvalue weighted by Crippen LogP contribution is 2.46. The molecule has 0 aliphatic carbocycles. The van der Waals surface area contributed by atoms with Crippen LogP contribution in [0.2, 0.25) is 0 Å². The number of hydrogen-bond acceptors (Lipinski definition) is 3. The number of amides is 1. The van der Waals surface area contributed by atoms with Crippen LogP contribution in [0.5, 0.6) is 0 Å². The summed E-state index contributed by atoms with van der Waals surface area (Å²) in [5.74, 6) is -0.444. The lowest BCUT2D eigenvalue weighted by molar-refractivity contribution is -0.121. The Kier molecular flexibility index (Phi) is 3.21. The van der Waals surface area contributed by atoms with Crippen molar-refractivity contribution in [3.8, 4) is 0 Å². The molecule has 4 nitrogen and oxygen atoms in total. The first-order valence-electron chi connectivity index (χ1n) is 7.66. The summed E-state index contributed by atoms with van der Waals surface area (Å²) in [5.41, 5.74) is 1.87. The minimum atomic E-state index is -1.06. The minimum absolute atomic E-state index is 0.112. The maximum absolute atomic E-state index is 14.6. The average Bonchev–Trinajstić information content (AvgIpc) is 2.89. The van der Waals surface area contributed by atoms with E-state index >= 15 is 0 Å². The Morgan fingerprint density at radius 1 is 1.22 bits per heavy atom. The van der Waals surface area contributed by atoms with E-state index in [1.807, 2.05) is 30.0 Å². The Morgan fingerprint density at radius 3 is 2.87 bits per heavy atom. The molecule has 2 aromatic rings. The Balaban J connectivity index is 2.04. The van der Waals surface area contributed by atoms with Crippen LogP contribution >= 0.6 is 0 Å². The molecule has 0 spiro atoms. The van der Waals surface area contributed by atoms with Gasteiger partial charge in [0.25, 0.3) is 0 Å². The summed E-state index contributed by atoms with van der Waals surface area (Å²) in [4.78, 5) is 14.1. The van der Waals surface area contributed by atoms with Gasteiger partial charge < -0.3 is 10.1 Å². The quantitative estimate of drug-likeness (QED) is 0.880.